The lowest BCUT2D eigenvalue weighted by Gasteiger charge is -2.07. The fourth-order valence-corrected chi connectivity index (χ4v) is 2.13. The molecule has 0 saturated carbocycles. The molecule has 0 spiro atoms. The first-order chi connectivity index (χ1) is 11.2. The maximum Gasteiger partial charge on any atom is 0.319 e. The van der Waals surface area contributed by atoms with E-state index in [0.717, 1.165) is 22.5 Å². The molecule has 0 aliphatic heterocycles. The second-order valence-corrected chi connectivity index (χ2v) is 5.13. The highest BCUT2D eigenvalue weighted by Gasteiger charge is 2.04. The predicted molar refractivity (Wildman–Crippen MR) is 88.7 cm³/mol. The monoisotopic (exact) mass is 307 g/mol. The van der Waals surface area contributed by atoms with E-state index >= 15 is 0 Å². The van der Waals surface area contributed by atoms with Crippen LogP contribution in [0.2, 0.25) is 0 Å². The number of hydrogen-bond acceptors (Lipinski definition) is 3. The van der Waals surface area contributed by atoms with Crippen LogP contribution in [-0.2, 0) is 13.6 Å². The summed E-state index contributed by atoms with van der Waals surface area (Å²) in [4.78, 5) is 16.2. The van der Waals surface area contributed by atoms with Gasteiger partial charge in [0.1, 0.15) is 0 Å². The number of benzene rings is 1. The Hall–Kier alpha value is -3.15. The van der Waals surface area contributed by atoms with Gasteiger partial charge in [-0.15, -0.1) is 0 Å². The fourth-order valence-electron chi connectivity index (χ4n) is 2.13. The number of carbonyl (C=O) groups is 1. The number of para-hydroxylation sites is 1. The van der Waals surface area contributed by atoms with Crippen molar-refractivity contribution < 1.29 is 4.79 Å². The van der Waals surface area contributed by atoms with Gasteiger partial charge in [-0.05, 0) is 23.8 Å². The van der Waals surface area contributed by atoms with Crippen molar-refractivity contribution in [3.8, 4) is 11.3 Å². The Morgan fingerprint density at radius 1 is 1.13 bits per heavy atom. The van der Waals surface area contributed by atoms with Gasteiger partial charge < -0.3 is 10.6 Å². The molecular formula is C17H17N5O. The Morgan fingerprint density at radius 2 is 1.96 bits per heavy atom. The van der Waals surface area contributed by atoms with E-state index in [4.69, 9.17) is 0 Å². The average molecular weight is 307 g/mol. The minimum absolute atomic E-state index is 0.243. The summed E-state index contributed by atoms with van der Waals surface area (Å²) in [6.45, 7) is 0.416. The van der Waals surface area contributed by atoms with E-state index in [2.05, 4.69) is 20.7 Å². The molecule has 3 rings (SSSR count). The van der Waals surface area contributed by atoms with E-state index in [0.29, 0.717) is 6.54 Å². The first-order valence-corrected chi connectivity index (χ1v) is 7.24. The Kier molecular flexibility index (Phi) is 4.33. The van der Waals surface area contributed by atoms with Crippen molar-refractivity contribution in [2.45, 2.75) is 6.54 Å². The van der Waals surface area contributed by atoms with Crippen LogP contribution in [0.1, 0.15) is 5.56 Å². The zero-order valence-electron chi connectivity index (χ0n) is 12.7. The Bertz CT molecular complexity index is 780. The summed E-state index contributed by atoms with van der Waals surface area (Å²) in [5, 5.41) is 9.70. The fraction of sp³-hybridized carbons (Fsp3) is 0.118. The molecule has 0 aliphatic carbocycles. The normalized spacial score (nSPS) is 10.3. The number of rotatable bonds is 4. The van der Waals surface area contributed by atoms with Crippen LogP contribution in [0, 0.1) is 0 Å². The zero-order chi connectivity index (χ0) is 16.1. The lowest BCUT2D eigenvalue weighted by molar-refractivity contribution is 0.251. The molecule has 1 aromatic carbocycles. The number of aromatic nitrogens is 3. The number of amides is 2. The molecule has 23 heavy (non-hydrogen) atoms. The van der Waals surface area contributed by atoms with Crippen molar-refractivity contribution in [2.75, 3.05) is 5.32 Å². The number of urea groups is 1. The minimum Gasteiger partial charge on any atom is -0.334 e. The summed E-state index contributed by atoms with van der Waals surface area (Å²) in [6.07, 6.45) is 5.44. The van der Waals surface area contributed by atoms with Crippen molar-refractivity contribution in [2.24, 2.45) is 7.05 Å². The highest BCUT2D eigenvalue weighted by molar-refractivity contribution is 5.89. The van der Waals surface area contributed by atoms with Crippen LogP contribution in [0.15, 0.2) is 61.1 Å². The maximum absolute atomic E-state index is 11.8. The number of hydrogen-bond donors (Lipinski definition) is 2. The van der Waals surface area contributed by atoms with Crippen molar-refractivity contribution >= 4 is 11.7 Å². The molecule has 0 bridgehead atoms. The van der Waals surface area contributed by atoms with Gasteiger partial charge in [0.15, 0.2) is 0 Å². The average Bonchev–Trinajstić information content (AvgIpc) is 3.01. The summed E-state index contributed by atoms with van der Waals surface area (Å²) in [6, 6.07) is 12.9. The predicted octanol–water partition coefficient (Wildman–Crippen LogP) is 2.80. The maximum atomic E-state index is 11.8. The second kappa shape index (κ2) is 6.74. The van der Waals surface area contributed by atoms with Crippen LogP contribution in [0.25, 0.3) is 11.3 Å². The lowest BCUT2D eigenvalue weighted by atomic mass is 10.2. The van der Waals surface area contributed by atoms with Gasteiger partial charge in [-0.3, -0.25) is 9.67 Å². The van der Waals surface area contributed by atoms with Gasteiger partial charge in [0, 0.05) is 37.2 Å². The van der Waals surface area contributed by atoms with Crippen LogP contribution < -0.4 is 10.6 Å². The van der Waals surface area contributed by atoms with Crippen molar-refractivity contribution in [3.05, 3.63) is 66.6 Å². The highest BCUT2D eigenvalue weighted by Crippen LogP contribution is 2.15. The van der Waals surface area contributed by atoms with Crippen molar-refractivity contribution in [1.29, 1.82) is 0 Å². The molecule has 6 nitrogen and oxygen atoms in total. The molecule has 0 unspecified atom stereocenters. The molecule has 0 atom stereocenters. The third-order valence-corrected chi connectivity index (χ3v) is 3.31. The third-order valence-electron chi connectivity index (χ3n) is 3.31. The molecule has 0 fully saturated rings. The van der Waals surface area contributed by atoms with E-state index in [-0.39, 0.29) is 6.03 Å². The van der Waals surface area contributed by atoms with E-state index in [1.54, 1.807) is 17.1 Å². The van der Waals surface area contributed by atoms with Gasteiger partial charge in [0.2, 0.25) is 0 Å². The van der Waals surface area contributed by atoms with Gasteiger partial charge in [-0.1, -0.05) is 24.3 Å². The van der Waals surface area contributed by atoms with Gasteiger partial charge in [0.25, 0.3) is 0 Å². The number of nitrogens with one attached hydrogen (secondary N) is 2. The number of pyridine rings is 1. The highest BCUT2D eigenvalue weighted by atomic mass is 16.2. The molecule has 2 amide bonds. The van der Waals surface area contributed by atoms with Crippen LogP contribution in [-0.4, -0.2) is 20.8 Å². The van der Waals surface area contributed by atoms with Crippen LogP contribution in [0.5, 0.6) is 0 Å². The number of nitrogens with zero attached hydrogens (tertiary/aromatic N) is 3. The van der Waals surface area contributed by atoms with Crippen LogP contribution in [0.4, 0.5) is 10.5 Å². The minimum atomic E-state index is -0.243. The molecule has 0 radical (unpaired) electrons. The third kappa shape index (κ3) is 3.94. The van der Waals surface area contributed by atoms with Crippen molar-refractivity contribution in [3.63, 3.8) is 0 Å². The number of anilines is 1. The topological polar surface area (TPSA) is 71.8 Å². The van der Waals surface area contributed by atoms with Crippen LogP contribution in [0.3, 0.4) is 0 Å². The molecule has 116 valence electrons. The number of aryl methyl sites for hydroxylation is 1. The summed E-state index contributed by atoms with van der Waals surface area (Å²) >= 11 is 0. The van der Waals surface area contributed by atoms with E-state index in [1.807, 2.05) is 55.7 Å². The summed E-state index contributed by atoms with van der Waals surface area (Å²) in [5.41, 5.74) is 3.51. The number of carbonyl (C=O) groups excluding carboxylic acids is 1. The van der Waals surface area contributed by atoms with E-state index < -0.39 is 0 Å². The molecule has 3 aromatic rings. The molecular weight excluding hydrogens is 290 g/mol. The first kappa shape index (κ1) is 14.8. The lowest BCUT2D eigenvalue weighted by Crippen LogP contribution is -2.28. The summed E-state index contributed by atoms with van der Waals surface area (Å²) in [7, 11) is 1.87. The smallest absolute Gasteiger partial charge is 0.319 e. The Morgan fingerprint density at radius 3 is 2.61 bits per heavy atom. The summed E-state index contributed by atoms with van der Waals surface area (Å²) < 4.78 is 1.74. The largest absolute Gasteiger partial charge is 0.334 e. The molecule has 2 heterocycles. The van der Waals surface area contributed by atoms with Gasteiger partial charge >= 0.3 is 6.03 Å². The van der Waals surface area contributed by atoms with Crippen molar-refractivity contribution in [1.82, 2.24) is 20.1 Å². The second-order valence-electron chi connectivity index (χ2n) is 5.13. The molecule has 0 aliphatic rings. The van der Waals surface area contributed by atoms with Gasteiger partial charge in [-0.2, -0.15) is 5.10 Å². The molecule has 2 aromatic heterocycles. The molecule has 6 heteroatoms. The van der Waals surface area contributed by atoms with E-state index in [9.17, 15) is 4.79 Å². The Labute approximate surface area is 134 Å². The van der Waals surface area contributed by atoms with Gasteiger partial charge in [-0.25, -0.2) is 4.79 Å². The SMILES string of the molecule is Cn1cc(-c2ccc(CNC(=O)Nc3ccccc3)cn2)cn1. The Balaban J connectivity index is 1.55. The van der Waals surface area contributed by atoms with Crippen LogP contribution >= 0.6 is 0 Å². The molecule has 0 saturated heterocycles. The first-order valence-electron chi connectivity index (χ1n) is 7.24. The van der Waals surface area contributed by atoms with E-state index in [1.165, 1.54) is 0 Å². The van der Waals surface area contributed by atoms with Gasteiger partial charge in [0.05, 0.1) is 11.9 Å². The standard InChI is InChI=1S/C17H17N5O/c1-22-12-14(11-20-22)16-8-7-13(9-18-16)10-19-17(23)21-15-5-3-2-4-6-15/h2-9,11-12H,10H2,1H3,(H2,19,21,23). The molecule has 2 N–H and O–H groups in total. The zero-order valence-corrected chi connectivity index (χ0v) is 12.7. The quantitative estimate of drug-likeness (QED) is 0.778. The summed E-state index contributed by atoms with van der Waals surface area (Å²) in [5.74, 6) is 0.